The first-order valence-corrected chi connectivity index (χ1v) is 6.31. The zero-order valence-electron chi connectivity index (χ0n) is 10.0. The number of amides is 1. The third-order valence-electron chi connectivity index (χ3n) is 3.45. The van der Waals surface area contributed by atoms with Crippen molar-refractivity contribution in [1.82, 2.24) is 10.2 Å². The van der Waals surface area contributed by atoms with Gasteiger partial charge in [0.15, 0.2) is 0 Å². The van der Waals surface area contributed by atoms with Crippen LogP contribution >= 0.6 is 0 Å². The van der Waals surface area contributed by atoms with E-state index in [4.69, 9.17) is 10.00 Å². The van der Waals surface area contributed by atoms with Gasteiger partial charge in [-0.2, -0.15) is 5.26 Å². The van der Waals surface area contributed by atoms with Crippen molar-refractivity contribution in [1.29, 1.82) is 5.26 Å². The Morgan fingerprint density at radius 1 is 1.41 bits per heavy atom. The third kappa shape index (κ3) is 3.42. The number of piperidine rings is 1. The molecule has 0 spiro atoms. The van der Waals surface area contributed by atoms with Crippen LogP contribution < -0.4 is 5.32 Å². The zero-order chi connectivity index (χ0) is 12.1. The van der Waals surface area contributed by atoms with Gasteiger partial charge in [0.2, 0.25) is 5.91 Å². The first-order valence-electron chi connectivity index (χ1n) is 6.31. The average Bonchev–Trinajstić information content (AvgIpc) is 2.86. The fraction of sp³-hybridized carbons (Fsp3) is 0.833. The van der Waals surface area contributed by atoms with Gasteiger partial charge >= 0.3 is 0 Å². The van der Waals surface area contributed by atoms with Gasteiger partial charge in [0.05, 0.1) is 12.6 Å². The lowest BCUT2D eigenvalue weighted by molar-refractivity contribution is -0.131. The lowest BCUT2D eigenvalue weighted by Crippen LogP contribution is -2.47. The molecule has 1 atom stereocenters. The molecule has 17 heavy (non-hydrogen) atoms. The van der Waals surface area contributed by atoms with E-state index in [1.807, 2.05) is 0 Å². The summed E-state index contributed by atoms with van der Waals surface area (Å²) < 4.78 is 5.35. The van der Waals surface area contributed by atoms with Crippen LogP contribution in [-0.2, 0) is 9.53 Å². The molecule has 2 rings (SSSR count). The normalized spacial score (nSPS) is 26.6. The Morgan fingerprint density at radius 2 is 2.18 bits per heavy atom. The van der Waals surface area contributed by atoms with E-state index in [1.54, 1.807) is 0 Å². The van der Waals surface area contributed by atoms with Gasteiger partial charge in [-0.25, -0.2) is 0 Å². The molecule has 0 aromatic carbocycles. The minimum absolute atomic E-state index is 0.0428. The molecular formula is C12H19N3O2. The monoisotopic (exact) mass is 237 g/mol. The highest BCUT2D eigenvalue weighted by atomic mass is 16.5. The molecule has 0 bridgehead atoms. The van der Waals surface area contributed by atoms with Crippen LogP contribution in [-0.4, -0.2) is 49.2 Å². The smallest absolute Gasteiger partial charge is 0.249 e. The van der Waals surface area contributed by atoms with Crippen LogP contribution in [0.2, 0.25) is 0 Å². The van der Waals surface area contributed by atoms with E-state index >= 15 is 0 Å². The predicted octanol–water partition coefficient (Wildman–Crippen LogP) is 0.270. The Bertz CT molecular complexity index is 299. The van der Waals surface area contributed by atoms with Gasteiger partial charge < -0.3 is 10.1 Å². The molecule has 1 N–H and O–H groups in total. The number of hydrogen-bond donors (Lipinski definition) is 1. The van der Waals surface area contributed by atoms with Crippen LogP contribution in [0.3, 0.4) is 0 Å². The molecule has 0 aromatic heterocycles. The van der Waals surface area contributed by atoms with Crippen molar-refractivity contribution < 1.29 is 9.53 Å². The second-order valence-corrected chi connectivity index (χ2v) is 4.72. The van der Waals surface area contributed by atoms with E-state index in [9.17, 15) is 4.79 Å². The number of nitrogens with zero attached hydrogens (tertiary/aromatic N) is 2. The minimum Gasteiger partial charge on any atom is -0.368 e. The van der Waals surface area contributed by atoms with Crippen molar-refractivity contribution in [2.75, 3.05) is 26.2 Å². The van der Waals surface area contributed by atoms with E-state index in [2.05, 4.69) is 16.3 Å². The maximum atomic E-state index is 11.8. The molecule has 2 aliphatic heterocycles. The summed E-state index contributed by atoms with van der Waals surface area (Å²) >= 11 is 0. The molecule has 94 valence electrons. The number of carbonyl (C=O) groups is 1. The van der Waals surface area contributed by atoms with Crippen LogP contribution in [0.15, 0.2) is 0 Å². The molecule has 0 aliphatic carbocycles. The highest BCUT2D eigenvalue weighted by Crippen LogP contribution is 2.14. The number of hydrogen-bond acceptors (Lipinski definition) is 4. The lowest BCUT2D eigenvalue weighted by Gasteiger charge is -2.31. The second-order valence-electron chi connectivity index (χ2n) is 4.72. The van der Waals surface area contributed by atoms with Crippen LogP contribution in [0.4, 0.5) is 0 Å². The minimum atomic E-state index is -0.230. The number of rotatable bonds is 3. The summed E-state index contributed by atoms with van der Waals surface area (Å²) in [7, 11) is 0. The van der Waals surface area contributed by atoms with Crippen molar-refractivity contribution >= 4 is 5.91 Å². The summed E-state index contributed by atoms with van der Waals surface area (Å²) in [6, 6.07) is 2.41. The third-order valence-corrected chi connectivity index (χ3v) is 3.45. The maximum absolute atomic E-state index is 11.8. The Balaban J connectivity index is 1.70. The van der Waals surface area contributed by atoms with Gasteiger partial charge in [-0.3, -0.25) is 9.69 Å². The Kier molecular flexibility index (Phi) is 4.35. The molecule has 2 aliphatic rings. The van der Waals surface area contributed by atoms with E-state index < -0.39 is 0 Å². The number of likely N-dealkylation sites (tertiary alicyclic amines) is 1. The summed E-state index contributed by atoms with van der Waals surface area (Å²) in [6.45, 7) is 2.99. The highest BCUT2D eigenvalue weighted by Gasteiger charge is 2.27. The van der Waals surface area contributed by atoms with Crippen molar-refractivity contribution in [2.24, 2.45) is 0 Å². The standard InChI is InChI=1S/C12H19N3O2/c13-5-8-15-6-3-10(4-7-15)14-12(16)11-2-1-9-17-11/h10-11H,1-4,6-9H2,(H,14,16). The molecule has 0 saturated carbocycles. The van der Waals surface area contributed by atoms with Gasteiger partial charge in [0, 0.05) is 25.7 Å². The van der Waals surface area contributed by atoms with Crippen molar-refractivity contribution in [3.05, 3.63) is 0 Å². The fourth-order valence-electron chi connectivity index (χ4n) is 2.41. The molecule has 0 aromatic rings. The Morgan fingerprint density at radius 3 is 2.76 bits per heavy atom. The average molecular weight is 237 g/mol. The summed E-state index contributed by atoms with van der Waals surface area (Å²) in [5.41, 5.74) is 0. The molecule has 0 radical (unpaired) electrons. The molecule has 5 nitrogen and oxygen atoms in total. The summed E-state index contributed by atoms with van der Waals surface area (Å²) in [4.78, 5) is 13.9. The first kappa shape index (κ1) is 12.3. The summed E-state index contributed by atoms with van der Waals surface area (Å²) in [5, 5.41) is 11.6. The molecular weight excluding hydrogens is 218 g/mol. The first-order chi connectivity index (χ1) is 8.29. The largest absolute Gasteiger partial charge is 0.368 e. The molecule has 1 amide bonds. The van der Waals surface area contributed by atoms with Crippen molar-refractivity contribution in [2.45, 2.75) is 37.8 Å². The summed E-state index contributed by atoms with van der Waals surface area (Å²) in [5.74, 6) is 0.0428. The predicted molar refractivity (Wildman–Crippen MR) is 62.2 cm³/mol. The van der Waals surface area contributed by atoms with E-state index in [-0.39, 0.29) is 18.1 Å². The van der Waals surface area contributed by atoms with E-state index in [0.717, 1.165) is 38.8 Å². The van der Waals surface area contributed by atoms with Crippen LogP contribution in [0.25, 0.3) is 0 Å². The van der Waals surface area contributed by atoms with Crippen LogP contribution in [0, 0.1) is 11.3 Å². The topological polar surface area (TPSA) is 65.4 Å². The molecule has 1 unspecified atom stereocenters. The second kappa shape index (κ2) is 5.99. The molecule has 5 heteroatoms. The number of nitriles is 1. The van der Waals surface area contributed by atoms with Crippen molar-refractivity contribution in [3.63, 3.8) is 0 Å². The van der Waals surface area contributed by atoms with E-state index in [0.29, 0.717) is 13.2 Å². The zero-order valence-corrected chi connectivity index (χ0v) is 10.0. The van der Waals surface area contributed by atoms with Gasteiger partial charge in [-0.05, 0) is 25.7 Å². The number of ether oxygens (including phenoxy) is 1. The van der Waals surface area contributed by atoms with Crippen LogP contribution in [0.5, 0.6) is 0 Å². The summed E-state index contributed by atoms with van der Waals surface area (Å²) in [6.07, 6.45) is 3.46. The van der Waals surface area contributed by atoms with Gasteiger partial charge in [0.25, 0.3) is 0 Å². The Labute approximate surface area is 102 Å². The molecule has 2 heterocycles. The Hall–Kier alpha value is -1.12. The van der Waals surface area contributed by atoms with E-state index in [1.165, 1.54) is 0 Å². The maximum Gasteiger partial charge on any atom is 0.249 e. The van der Waals surface area contributed by atoms with Gasteiger partial charge in [0.1, 0.15) is 6.10 Å². The van der Waals surface area contributed by atoms with Gasteiger partial charge in [-0.1, -0.05) is 0 Å². The molecule has 2 fully saturated rings. The van der Waals surface area contributed by atoms with Crippen molar-refractivity contribution in [3.8, 4) is 6.07 Å². The van der Waals surface area contributed by atoms with Crippen LogP contribution in [0.1, 0.15) is 25.7 Å². The quantitative estimate of drug-likeness (QED) is 0.716. The number of nitrogens with one attached hydrogen (secondary N) is 1. The number of carbonyl (C=O) groups excluding carboxylic acids is 1. The molecule has 2 saturated heterocycles. The van der Waals surface area contributed by atoms with Gasteiger partial charge in [-0.15, -0.1) is 0 Å². The SMILES string of the molecule is N#CCN1CCC(NC(=O)C2CCCO2)CC1. The lowest BCUT2D eigenvalue weighted by atomic mass is 10.0. The fourth-order valence-corrected chi connectivity index (χ4v) is 2.41. The highest BCUT2D eigenvalue weighted by molar-refractivity contribution is 5.81.